The van der Waals surface area contributed by atoms with Crippen molar-refractivity contribution >= 4 is 25.8 Å². The largest absolute Gasteiger partial charge is 0.317 e. The van der Waals surface area contributed by atoms with Crippen molar-refractivity contribution in [3.05, 3.63) is 10.6 Å². The lowest BCUT2D eigenvalue weighted by molar-refractivity contribution is -0.921. The summed E-state index contributed by atoms with van der Waals surface area (Å²) in [6.45, 7) is 3.68. The van der Waals surface area contributed by atoms with Crippen molar-refractivity contribution < 1.29 is 12.9 Å². The molecule has 2 aliphatic rings. The third kappa shape index (κ3) is 2.20. The molecule has 2 aliphatic heterocycles. The minimum Gasteiger partial charge on any atom is -0.317 e. The van der Waals surface area contributed by atoms with Crippen LogP contribution in [0.1, 0.15) is 6.42 Å². The van der Waals surface area contributed by atoms with Gasteiger partial charge >= 0.3 is 0 Å². The van der Waals surface area contributed by atoms with Crippen LogP contribution < -0.4 is 0 Å². The first-order valence-corrected chi connectivity index (χ1v) is 7.53. The van der Waals surface area contributed by atoms with Crippen molar-refractivity contribution in [2.45, 2.75) is 6.42 Å². The van der Waals surface area contributed by atoms with Gasteiger partial charge in [-0.25, -0.2) is 8.42 Å². The Hall–Kier alpha value is 0.130. The Morgan fingerprint density at radius 1 is 1.21 bits per heavy atom. The summed E-state index contributed by atoms with van der Waals surface area (Å²) in [4.78, 5) is 0. The summed E-state index contributed by atoms with van der Waals surface area (Å²) >= 11 is 3.52. The van der Waals surface area contributed by atoms with Crippen LogP contribution in [0.5, 0.6) is 0 Å². The van der Waals surface area contributed by atoms with E-state index in [-0.39, 0.29) is 0 Å². The van der Waals surface area contributed by atoms with E-state index in [1.54, 1.807) is 0 Å². The van der Waals surface area contributed by atoms with Crippen LogP contribution in [-0.2, 0) is 9.84 Å². The molecule has 0 unspecified atom stereocenters. The molecule has 1 fully saturated rings. The zero-order valence-electron chi connectivity index (χ0n) is 8.08. The molecule has 3 nitrogen and oxygen atoms in total. The van der Waals surface area contributed by atoms with Gasteiger partial charge in [-0.1, -0.05) is 6.08 Å². The fourth-order valence-corrected chi connectivity index (χ4v) is 4.52. The summed E-state index contributed by atoms with van der Waals surface area (Å²) in [5.74, 6) is 0.737. The van der Waals surface area contributed by atoms with Gasteiger partial charge in [-0.3, -0.25) is 0 Å². The van der Waals surface area contributed by atoms with Gasteiger partial charge in [0, 0.05) is 10.9 Å². The van der Waals surface area contributed by atoms with Gasteiger partial charge < -0.3 is 4.48 Å². The fraction of sp³-hybridized carbons (Fsp3) is 0.778. The van der Waals surface area contributed by atoms with Gasteiger partial charge in [0.15, 0.2) is 9.84 Å². The number of sulfone groups is 1. The zero-order valence-corrected chi connectivity index (χ0v) is 10.5. The molecule has 0 amide bonds. The van der Waals surface area contributed by atoms with E-state index in [4.69, 9.17) is 0 Å². The number of halogens is 1. The Labute approximate surface area is 93.4 Å². The van der Waals surface area contributed by atoms with E-state index in [1.165, 1.54) is 4.48 Å². The van der Waals surface area contributed by atoms with E-state index in [2.05, 4.69) is 22.0 Å². The summed E-state index contributed by atoms with van der Waals surface area (Å²) in [6.07, 6.45) is 3.27. The predicted octanol–water partition coefficient (Wildman–Crippen LogP) is 0.914. The fourth-order valence-electron chi connectivity index (χ4n) is 2.22. The van der Waals surface area contributed by atoms with Gasteiger partial charge in [-0.15, -0.1) is 0 Å². The first-order valence-electron chi connectivity index (χ1n) is 4.92. The third-order valence-electron chi connectivity index (χ3n) is 3.21. The van der Waals surface area contributed by atoms with Crippen LogP contribution in [0.25, 0.3) is 0 Å². The van der Waals surface area contributed by atoms with Crippen LogP contribution in [0.4, 0.5) is 0 Å². The molecule has 0 bridgehead atoms. The molecule has 0 aromatic carbocycles. The molecule has 80 valence electrons. The second-order valence-electron chi connectivity index (χ2n) is 4.26. The lowest BCUT2D eigenvalue weighted by Gasteiger charge is -2.42. The first-order chi connectivity index (χ1) is 6.52. The first kappa shape index (κ1) is 10.6. The molecule has 0 aromatic rings. The van der Waals surface area contributed by atoms with Crippen LogP contribution in [0, 0.1) is 0 Å². The number of hydrogen-bond acceptors (Lipinski definition) is 2. The number of quaternary nitrogens is 1. The van der Waals surface area contributed by atoms with Crippen LogP contribution in [0.3, 0.4) is 0 Å². The molecule has 0 N–H and O–H groups in total. The van der Waals surface area contributed by atoms with E-state index in [0.717, 1.165) is 37.1 Å². The molecule has 2 rings (SSSR count). The standard InChI is InChI=1S/C9H15BrNO2S/c10-9-2-1-3-11(8-9)4-6-14(12,13)7-5-11/h2H,1,3-8H2/q+1. The van der Waals surface area contributed by atoms with Crippen molar-refractivity contribution in [1.29, 1.82) is 0 Å². The highest BCUT2D eigenvalue weighted by molar-refractivity contribution is 9.11. The maximum Gasteiger partial charge on any atom is 0.161 e. The van der Waals surface area contributed by atoms with Crippen molar-refractivity contribution in [3.63, 3.8) is 0 Å². The minimum atomic E-state index is -2.73. The molecular weight excluding hydrogens is 266 g/mol. The van der Waals surface area contributed by atoms with Gasteiger partial charge in [0.25, 0.3) is 0 Å². The van der Waals surface area contributed by atoms with E-state index >= 15 is 0 Å². The summed E-state index contributed by atoms with van der Waals surface area (Å²) < 4.78 is 24.9. The van der Waals surface area contributed by atoms with E-state index in [1.807, 2.05) is 0 Å². The quantitative estimate of drug-likeness (QED) is 0.619. The van der Waals surface area contributed by atoms with Crippen molar-refractivity contribution in [3.8, 4) is 0 Å². The van der Waals surface area contributed by atoms with Gasteiger partial charge in [0.2, 0.25) is 0 Å². The molecule has 5 heteroatoms. The molecular formula is C9H15BrNO2S+. The Bertz CT molecular complexity index is 347. The molecule has 0 saturated carbocycles. The topological polar surface area (TPSA) is 34.1 Å². The maximum absolute atomic E-state index is 11.3. The monoisotopic (exact) mass is 280 g/mol. The molecule has 0 atom stereocenters. The van der Waals surface area contributed by atoms with Crippen molar-refractivity contribution in [1.82, 2.24) is 0 Å². The third-order valence-corrected chi connectivity index (χ3v) is 5.39. The zero-order chi connectivity index (χ0) is 10.2. The molecule has 2 heterocycles. The van der Waals surface area contributed by atoms with Crippen LogP contribution >= 0.6 is 15.9 Å². The number of hydrogen-bond donors (Lipinski definition) is 0. The molecule has 1 saturated heterocycles. The van der Waals surface area contributed by atoms with Gasteiger partial charge in [-0.2, -0.15) is 0 Å². The van der Waals surface area contributed by atoms with E-state index in [0.29, 0.717) is 11.5 Å². The normalized spacial score (nSPS) is 29.9. The molecule has 14 heavy (non-hydrogen) atoms. The second-order valence-corrected chi connectivity index (χ2v) is 7.58. The summed E-state index contributed by atoms with van der Waals surface area (Å²) in [7, 11) is -2.73. The lowest BCUT2D eigenvalue weighted by Crippen LogP contribution is -2.58. The van der Waals surface area contributed by atoms with E-state index < -0.39 is 9.84 Å². The molecule has 0 radical (unpaired) electrons. The van der Waals surface area contributed by atoms with Crippen molar-refractivity contribution in [2.75, 3.05) is 37.7 Å². The average Bonchev–Trinajstić information content (AvgIpc) is 2.12. The minimum absolute atomic E-state index is 0.368. The molecule has 1 spiro atoms. The Kier molecular flexibility index (Phi) is 2.74. The van der Waals surface area contributed by atoms with Crippen LogP contribution in [0.2, 0.25) is 0 Å². The number of rotatable bonds is 0. The van der Waals surface area contributed by atoms with Crippen molar-refractivity contribution in [2.24, 2.45) is 0 Å². The van der Waals surface area contributed by atoms with Gasteiger partial charge in [0.1, 0.15) is 6.54 Å². The highest BCUT2D eigenvalue weighted by Crippen LogP contribution is 2.25. The lowest BCUT2D eigenvalue weighted by atomic mass is 10.2. The van der Waals surface area contributed by atoms with Crippen LogP contribution in [0.15, 0.2) is 10.6 Å². The molecule has 0 aliphatic carbocycles. The Balaban J connectivity index is 2.10. The Morgan fingerprint density at radius 3 is 2.43 bits per heavy atom. The maximum atomic E-state index is 11.3. The summed E-state index contributed by atoms with van der Waals surface area (Å²) in [5, 5.41) is 0. The summed E-state index contributed by atoms with van der Waals surface area (Å²) in [5.41, 5.74) is 0. The molecule has 0 aromatic heterocycles. The number of nitrogens with zero attached hydrogens (tertiary/aromatic N) is 1. The van der Waals surface area contributed by atoms with Gasteiger partial charge in [-0.05, 0) is 15.9 Å². The second kappa shape index (κ2) is 3.61. The highest BCUT2D eigenvalue weighted by atomic mass is 79.9. The Morgan fingerprint density at radius 2 is 1.86 bits per heavy atom. The average molecular weight is 281 g/mol. The van der Waals surface area contributed by atoms with Crippen LogP contribution in [-0.4, -0.2) is 50.6 Å². The highest BCUT2D eigenvalue weighted by Gasteiger charge is 2.37. The predicted molar refractivity (Wildman–Crippen MR) is 60.0 cm³/mol. The SMILES string of the molecule is O=S1(=O)CC[N+]2(CCC=C(Br)C2)CC1. The van der Waals surface area contributed by atoms with E-state index in [9.17, 15) is 8.42 Å². The van der Waals surface area contributed by atoms with Gasteiger partial charge in [0.05, 0.1) is 31.1 Å². The summed E-state index contributed by atoms with van der Waals surface area (Å²) in [6, 6.07) is 0. The smallest absolute Gasteiger partial charge is 0.161 e.